The van der Waals surface area contributed by atoms with Crippen molar-refractivity contribution < 1.29 is 4.74 Å². The molecule has 1 saturated heterocycles. The van der Waals surface area contributed by atoms with Crippen molar-refractivity contribution in [2.45, 2.75) is 52.3 Å². The van der Waals surface area contributed by atoms with Crippen LogP contribution in [0.15, 0.2) is 12.3 Å². The van der Waals surface area contributed by atoms with Crippen LogP contribution in [0.2, 0.25) is 0 Å². The van der Waals surface area contributed by atoms with Crippen LogP contribution in [-0.2, 0) is 11.2 Å². The van der Waals surface area contributed by atoms with E-state index in [4.69, 9.17) is 10.5 Å². The number of aryl methyl sites for hydroxylation is 1. The summed E-state index contributed by atoms with van der Waals surface area (Å²) in [6.45, 7) is 10.1. The van der Waals surface area contributed by atoms with Gasteiger partial charge in [0, 0.05) is 18.8 Å². The molecule has 0 amide bonds. The Bertz CT molecular complexity index is 433. The van der Waals surface area contributed by atoms with Crippen molar-refractivity contribution in [2.75, 3.05) is 18.1 Å². The average molecular weight is 263 g/mol. The topological polar surface area (TPSA) is 51.4 Å². The number of rotatable bonds is 3. The second kappa shape index (κ2) is 5.88. The summed E-state index contributed by atoms with van der Waals surface area (Å²) in [6, 6.07) is 2.76. The zero-order chi connectivity index (χ0) is 14.0. The quantitative estimate of drug-likeness (QED) is 0.905. The summed E-state index contributed by atoms with van der Waals surface area (Å²) in [5.74, 6) is 1.08. The standard InChI is InChI=1S/C15H25N3O/c1-10-5-14(6-11(2)16)7-17-15(10)18-8-13(4)19-9-12(18)3/h5,7,11-13H,6,8-9,16H2,1-4H3. The fourth-order valence-corrected chi connectivity index (χ4v) is 2.61. The number of morpholine rings is 1. The molecule has 2 N–H and O–H groups in total. The third kappa shape index (κ3) is 3.45. The molecule has 3 unspecified atom stereocenters. The first-order valence-corrected chi connectivity index (χ1v) is 7.06. The first-order valence-electron chi connectivity index (χ1n) is 7.06. The lowest BCUT2D eigenvalue weighted by atomic mass is 10.1. The predicted octanol–water partition coefficient (Wildman–Crippen LogP) is 1.89. The van der Waals surface area contributed by atoms with Gasteiger partial charge in [-0.25, -0.2) is 4.98 Å². The third-order valence-corrected chi connectivity index (χ3v) is 3.54. The van der Waals surface area contributed by atoms with E-state index in [9.17, 15) is 0 Å². The SMILES string of the molecule is Cc1cc(CC(C)N)cnc1N1CC(C)OCC1C. The Morgan fingerprint density at radius 2 is 2.26 bits per heavy atom. The highest BCUT2D eigenvalue weighted by atomic mass is 16.5. The van der Waals surface area contributed by atoms with Crippen LogP contribution in [0.3, 0.4) is 0 Å². The van der Waals surface area contributed by atoms with E-state index in [0.29, 0.717) is 6.04 Å². The Morgan fingerprint density at radius 3 is 2.89 bits per heavy atom. The minimum atomic E-state index is 0.175. The molecule has 3 atom stereocenters. The fourth-order valence-electron chi connectivity index (χ4n) is 2.61. The van der Waals surface area contributed by atoms with Gasteiger partial charge < -0.3 is 15.4 Å². The Hall–Kier alpha value is -1.13. The van der Waals surface area contributed by atoms with Gasteiger partial charge in [0.2, 0.25) is 0 Å². The third-order valence-electron chi connectivity index (χ3n) is 3.54. The molecule has 0 aliphatic carbocycles. The van der Waals surface area contributed by atoms with E-state index in [1.54, 1.807) is 0 Å². The van der Waals surface area contributed by atoms with Crippen molar-refractivity contribution in [1.82, 2.24) is 4.98 Å². The first kappa shape index (κ1) is 14.3. The molecule has 1 aliphatic rings. The van der Waals surface area contributed by atoms with Crippen LogP contribution < -0.4 is 10.6 Å². The van der Waals surface area contributed by atoms with Crippen LogP contribution >= 0.6 is 0 Å². The second-order valence-corrected chi connectivity index (χ2v) is 5.81. The summed E-state index contributed by atoms with van der Waals surface area (Å²) >= 11 is 0. The molecule has 2 rings (SSSR count). The summed E-state index contributed by atoms with van der Waals surface area (Å²) in [5, 5.41) is 0. The number of hydrogen-bond donors (Lipinski definition) is 1. The number of pyridine rings is 1. The van der Waals surface area contributed by atoms with Gasteiger partial charge in [0.15, 0.2) is 0 Å². The van der Waals surface area contributed by atoms with Crippen LogP contribution in [0.5, 0.6) is 0 Å². The van der Waals surface area contributed by atoms with Gasteiger partial charge in [-0.1, -0.05) is 6.07 Å². The molecule has 0 aromatic carbocycles. The fraction of sp³-hybridized carbons (Fsp3) is 0.667. The molecule has 1 aromatic rings. The van der Waals surface area contributed by atoms with Crippen molar-refractivity contribution in [3.63, 3.8) is 0 Å². The molecule has 2 heterocycles. The van der Waals surface area contributed by atoms with E-state index in [-0.39, 0.29) is 12.1 Å². The Kier molecular flexibility index (Phi) is 4.42. The van der Waals surface area contributed by atoms with Gasteiger partial charge in [-0.2, -0.15) is 0 Å². The number of aromatic nitrogens is 1. The number of ether oxygens (including phenoxy) is 1. The van der Waals surface area contributed by atoms with E-state index in [0.717, 1.165) is 25.4 Å². The molecule has 0 radical (unpaired) electrons. The maximum absolute atomic E-state index is 5.84. The van der Waals surface area contributed by atoms with Crippen molar-refractivity contribution >= 4 is 5.82 Å². The molecule has 1 aliphatic heterocycles. The predicted molar refractivity (Wildman–Crippen MR) is 78.5 cm³/mol. The van der Waals surface area contributed by atoms with Gasteiger partial charge in [0.25, 0.3) is 0 Å². The molecule has 0 saturated carbocycles. The van der Waals surface area contributed by atoms with Crippen molar-refractivity contribution in [3.8, 4) is 0 Å². The number of anilines is 1. The van der Waals surface area contributed by atoms with Crippen LogP contribution in [0, 0.1) is 6.92 Å². The molecule has 1 aromatic heterocycles. The van der Waals surface area contributed by atoms with Gasteiger partial charge >= 0.3 is 0 Å². The normalized spacial score (nSPS) is 25.4. The van der Waals surface area contributed by atoms with Gasteiger partial charge in [-0.3, -0.25) is 0 Å². The van der Waals surface area contributed by atoms with E-state index in [1.807, 2.05) is 13.1 Å². The van der Waals surface area contributed by atoms with Gasteiger partial charge in [0.05, 0.1) is 18.8 Å². The van der Waals surface area contributed by atoms with E-state index >= 15 is 0 Å². The van der Waals surface area contributed by atoms with Crippen LogP contribution in [-0.4, -0.2) is 36.3 Å². The summed E-state index contributed by atoms with van der Waals surface area (Å²) in [7, 11) is 0. The molecule has 106 valence electrons. The Balaban J connectivity index is 2.20. The lowest BCUT2D eigenvalue weighted by Gasteiger charge is -2.38. The molecule has 1 fully saturated rings. The highest BCUT2D eigenvalue weighted by Gasteiger charge is 2.25. The summed E-state index contributed by atoms with van der Waals surface area (Å²) in [5.41, 5.74) is 8.28. The largest absolute Gasteiger partial charge is 0.375 e. The van der Waals surface area contributed by atoms with Crippen LogP contribution in [0.4, 0.5) is 5.82 Å². The van der Waals surface area contributed by atoms with E-state index in [1.165, 1.54) is 11.1 Å². The van der Waals surface area contributed by atoms with Crippen molar-refractivity contribution in [3.05, 3.63) is 23.4 Å². The van der Waals surface area contributed by atoms with Crippen LogP contribution in [0.1, 0.15) is 31.9 Å². The lowest BCUT2D eigenvalue weighted by molar-refractivity contribution is 0.0340. The van der Waals surface area contributed by atoms with Gasteiger partial charge in [-0.05, 0) is 45.2 Å². The highest BCUT2D eigenvalue weighted by Crippen LogP contribution is 2.24. The molecule has 4 nitrogen and oxygen atoms in total. The molecular formula is C15H25N3O. The van der Waals surface area contributed by atoms with Crippen LogP contribution in [0.25, 0.3) is 0 Å². The van der Waals surface area contributed by atoms with Gasteiger partial charge in [-0.15, -0.1) is 0 Å². The highest BCUT2D eigenvalue weighted by molar-refractivity contribution is 5.48. The summed E-state index contributed by atoms with van der Waals surface area (Å²) in [4.78, 5) is 7.00. The maximum atomic E-state index is 5.84. The first-order chi connectivity index (χ1) is 8.97. The average Bonchev–Trinajstić information content (AvgIpc) is 2.32. The van der Waals surface area contributed by atoms with Crippen molar-refractivity contribution in [2.24, 2.45) is 5.73 Å². The van der Waals surface area contributed by atoms with E-state index < -0.39 is 0 Å². The monoisotopic (exact) mass is 263 g/mol. The molecule has 0 spiro atoms. The molecule has 4 heteroatoms. The second-order valence-electron chi connectivity index (χ2n) is 5.81. The van der Waals surface area contributed by atoms with Crippen molar-refractivity contribution in [1.29, 1.82) is 0 Å². The van der Waals surface area contributed by atoms with E-state index in [2.05, 4.69) is 36.7 Å². The molecular weight excluding hydrogens is 238 g/mol. The molecule has 0 bridgehead atoms. The smallest absolute Gasteiger partial charge is 0.131 e. The number of nitrogens with zero attached hydrogens (tertiary/aromatic N) is 2. The zero-order valence-corrected chi connectivity index (χ0v) is 12.4. The Morgan fingerprint density at radius 1 is 1.53 bits per heavy atom. The summed E-state index contributed by atoms with van der Waals surface area (Å²) in [6.07, 6.45) is 3.10. The number of nitrogens with two attached hydrogens (primary N) is 1. The number of hydrogen-bond acceptors (Lipinski definition) is 4. The van der Waals surface area contributed by atoms with Gasteiger partial charge in [0.1, 0.15) is 5.82 Å². The Labute approximate surface area is 116 Å². The summed E-state index contributed by atoms with van der Waals surface area (Å²) < 4.78 is 5.67. The molecule has 19 heavy (non-hydrogen) atoms. The minimum Gasteiger partial charge on any atom is -0.375 e. The zero-order valence-electron chi connectivity index (χ0n) is 12.4. The minimum absolute atomic E-state index is 0.175. The maximum Gasteiger partial charge on any atom is 0.131 e. The lowest BCUT2D eigenvalue weighted by Crippen LogP contribution is -2.48.